The molecule has 2 aromatic rings. The minimum absolute atomic E-state index is 0.00121. The molecule has 0 bridgehead atoms. The van der Waals surface area contributed by atoms with Crippen LogP contribution < -0.4 is 15.5 Å². The first-order valence-electron chi connectivity index (χ1n) is 8.27. The topological polar surface area (TPSA) is 83.6 Å². The van der Waals surface area contributed by atoms with Gasteiger partial charge in [0.2, 0.25) is 0 Å². The zero-order valence-electron chi connectivity index (χ0n) is 14.2. The largest absolute Gasteiger partial charge is 0.462 e. The Morgan fingerprint density at radius 1 is 1.31 bits per heavy atom. The van der Waals surface area contributed by atoms with Crippen molar-refractivity contribution < 1.29 is 14.3 Å². The Hall–Kier alpha value is -2.80. The van der Waals surface area contributed by atoms with E-state index in [0.29, 0.717) is 36.1 Å². The lowest BCUT2D eigenvalue weighted by atomic mass is 10.1. The van der Waals surface area contributed by atoms with E-state index in [-0.39, 0.29) is 12.1 Å². The number of pyridine rings is 1. The van der Waals surface area contributed by atoms with Gasteiger partial charge in [0.1, 0.15) is 5.82 Å². The number of hydrogen-bond donors (Lipinski definition) is 2. The summed E-state index contributed by atoms with van der Waals surface area (Å²) < 4.78 is 4.93. The Kier molecular flexibility index (Phi) is 5.58. The van der Waals surface area contributed by atoms with Crippen molar-refractivity contribution in [1.82, 2.24) is 10.3 Å². The molecule has 0 aliphatic carbocycles. The van der Waals surface area contributed by atoms with Gasteiger partial charge in [0, 0.05) is 25.0 Å². The molecule has 1 aromatic carbocycles. The highest BCUT2D eigenvalue weighted by molar-refractivity contribution is 6.33. The SMILES string of the molecule is CCOC(=O)c1cnc(N2CC(NC(=O)Nc3ccccc3)C2)c(Cl)c1. The smallest absolute Gasteiger partial charge is 0.339 e. The van der Waals surface area contributed by atoms with Gasteiger partial charge in [-0.3, -0.25) is 0 Å². The summed E-state index contributed by atoms with van der Waals surface area (Å²) >= 11 is 6.23. The van der Waals surface area contributed by atoms with Crippen molar-refractivity contribution in [2.45, 2.75) is 13.0 Å². The summed E-state index contributed by atoms with van der Waals surface area (Å²) in [7, 11) is 0. The summed E-state index contributed by atoms with van der Waals surface area (Å²) in [5, 5.41) is 6.05. The first-order valence-corrected chi connectivity index (χ1v) is 8.64. The van der Waals surface area contributed by atoms with Crippen molar-refractivity contribution in [3.8, 4) is 0 Å². The van der Waals surface area contributed by atoms with E-state index in [0.717, 1.165) is 5.69 Å². The molecular formula is C18H19ClN4O3. The van der Waals surface area contributed by atoms with Gasteiger partial charge in [-0.25, -0.2) is 14.6 Å². The number of nitrogens with one attached hydrogen (secondary N) is 2. The van der Waals surface area contributed by atoms with Gasteiger partial charge in [0.05, 0.1) is 23.2 Å². The second-order valence-corrected chi connectivity index (χ2v) is 6.22. The normalized spacial score (nSPS) is 13.7. The summed E-state index contributed by atoms with van der Waals surface area (Å²) in [5.41, 5.74) is 1.05. The van der Waals surface area contributed by atoms with E-state index in [1.165, 1.54) is 6.20 Å². The predicted molar refractivity (Wildman–Crippen MR) is 99.8 cm³/mol. The molecule has 0 saturated carbocycles. The van der Waals surface area contributed by atoms with E-state index in [4.69, 9.17) is 16.3 Å². The third-order valence-corrected chi connectivity index (χ3v) is 4.16. The van der Waals surface area contributed by atoms with Crippen LogP contribution in [0.5, 0.6) is 0 Å². The molecule has 1 aromatic heterocycles. The molecule has 8 heteroatoms. The second-order valence-electron chi connectivity index (χ2n) is 5.82. The predicted octanol–water partition coefficient (Wildman–Crippen LogP) is 2.92. The zero-order chi connectivity index (χ0) is 18.5. The van der Waals surface area contributed by atoms with Crippen LogP contribution in [0.3, 0.4) is 0 Å². The summed E-state index contributed by atoms with van der Waals surface area (Å²) in [4.78, 5) is 29.9. The fourth-order valence-electron chi connectivity index (χ4n) is 2.61. The summed E-state index contributed by atoms with van der Waals surface area (Å²) in [5.74, 6) is 0.135. The van der Waals surface area contributed by atoms with Crippen LogP contribution in [0.25, 0.3) is 0 Å². The summed E-state index contributed by atoms with van der Waals surface area (Å²) in [6.07, 6.45) is 1.45. The van der Waals surface area contributed by atoms with Crippen LogP contribution in [0, 0.1) is 0 Å². The highest BCUT2D eigenvalue weighted by atomic mass is 35.5. The lowest BCUT2D eigenvalue weighted by Crippen LogP contribution is -2.60. The van der Waals surface area contributed by atoms with E-state index in [1.54, 1.807) is 13.0 Å². The molecule has 136 valence electrons. The Morgan fingerprint density at radius 3 is 2.69 bits per heavy atom. The number of carbonyl (C=O) groups excluding carboxylic acids is 2. The molecule has 1 saturated heterocycles. The van der Waals surface area contributed by atoms with E-state index >= 15 is 0 Å². The van der Waals surface area contributed by atoms with E-state index in [1.807, 2.05) is 35.2 Å². The van der Waals surface area contributed by atoms with Crippen LogP contribution in [0.4, 0.5) is 16.3 Å². The van der Waals surface area contributed by atoms with Gasteiger partial charge in [0.15, 0.2) is 0 Å². The number of ether oxygens (including phenoxy) is 1. The number of rotatable bonds is 5. The second kappa shape index (κ2) is 8.05. The van der Waals surface area contributed by atoms with Crippen molar-refractivity contribution in [3.05, 3.63) is 53.2 Å². The zero-order valence-corrected chi connectivity index (χ0v) is 15.0. The monoisotopic (exact) mass is 374 g/mol. The summed E-state index contributed by atoms with van der Waals surface area (Å²) in [6.45, 7) is 3.21. The lowest BCUT2D eigenvalue weighted by Gasteiger charge is -2.40. The Labute approximate surface area is 156 Å². The Balaban J connectivity index is 1.51. The first-order chi connectivity index (χ1) is 12.6. The van der Waals surface area contributed by atoms with Gasteiger partial charge in [-0.05, 0) is 25.1 Å². The number of carbonyl (C=O) groups is 2. The number of nitrogens with zero attached hydrogens (tertiary/aromatic N) is 2. The minimum Gasteiger partial charge on any atom is -0.462 e. The molecule has 1 aliphatic rings. The maximum Gasteiger partial charge on any atom is 0.339 e. The molecule has 1 aliphatic heterocycles. The van der Waals surface area contributed by atoms with Crippen LogP contribution in [-0.4, -0.2) is 42.7 Å². The van der Waals surface area contributed by atoms with Gasteiger partial charge in [-0.1, -0.05) is 29.8 Å². The number of hydrogen-bond acceptors (Lipinski definition) is 5. The maximum atomic E-state index is 12.0. The maximum absolute atomic E-state index is 12.0. The number of amides is 2. The molecule has 3 rings (SSSR count). The first kappa shape index (κ1) is 18.0. The Bertz CT molecular complexity index is 794. The average Bonchev–Trinajstić information content (AvgIpc) is 2.59. The molecule has 2 N–H and O–H groups in total. The highest BCUT2D eigenvalue weighted by Gasteiger charge is 2.30. The number of anilines is 2. The standard InChI is InChI=1S/C18H19ClN4O3/c1-2-26-17(24)12-8-15(19)16(20-9-12)23-10-14(11-23)22-18(25)21-13-6-4-3-5-7-13/h3-9,14H,2,10-11H2,1H3,(H2,21,22,25). The number of esters is 1. The van der Waals surface area contributed by atoms with E-state index < -0.39 is 5.97 Å². The van der Waals surface area contributed by atoms with Crippen LogP contribution in [-0.2, 0) is 4.74 Å². The van der Waals surface area contributed by atoms with Gasteiger partial charge in [-0.15, -0.1) is 0 Å². The van der Waals surface area contributed by atoms with Crippen LogP contribution in [0.1, 0.15) is 17.3 Å². The van der Waals surface area contributed by atoms with Gasteiger partial charge >= 0.3 is 12.0 Å². The highest BCUT2D eigenvalue weighted by Crippen LogP contribution is 2.28. The molecule has 0 unspecified atom stereocenters. The molecule has 2 heterocycles. The number of aromatic nitrogens is 1. The van der Waals surface area contributed by atoms with Crippen LogP contribution in [0.15, 0.2) is 42.6 Å². The third-order valence-electron chi connectivity index (χ3n) is 3.88. The fourth-order valence-corrected chi connectivity index (χ4v) is 2.89. The average molecular weight is 375 g/mol. The number of para-hydroxylation sites is 1. The fraction of sp³-hybridized carbons (Fsp3) is 0.278. The molecule has 26 heavy (non-hydrogen) atoms. The number of urea groups is 1. The molecule has 0 radical (unpaired) electrons. The minimum atomic E-state index is -0.450. The molecule has 0 spiro atoms. The third kappa shape index (κ3) is 4.23. The van der Waals surface area contributed by atoms with Crippen molar-refractivity contribution >= 4 is 35.1 Å². The van der Waals surface area contributed by atoms with Crippen molar-refractivity contribution in [3.63, 3.8) is 0 Å². The molecule has 1 fully saturated rings. The van der Waals surface area contributed by atoms with Gasteiger partial charge in [-0.2, -0.15) is 0 Å². The Morgan fingerprint density at radius 2 is 2.04 bits per heavy atom. The summed E-state index contributed by atoms with van der Waals surface area (Å²) in [6, 6.07) is 10.5. The molecule has 7 nitrogen and oxygen atoms in total. The quantitative estimate of drug-likeness (QED) is 0.786. The lowest BCUT2D eigenvalue weighted by molar-refractivity contribution is 0.0526. The number of benzene rings is 1. The number of halogens is 1. The van der Waals surface area contributed by atoms with Crippen LogP contribution >= 0.6 is 11.6 Å². The van der Waals surface area contributed by atoms with E-state index in [9.17, 15) is 9.59 Å². The van der Waals surface area contributed by atoms with Crippen molar-refractivity contribution in [1.29, 1.82) is 0 Å². The molecule has 2 amide bonds. The van der Waals surface area contributed by atoms with E-state index in [2.05, 4.69) is 15.6 Å². The van der Waals surface area contributed by atoms with Gasteiger partial charge < -0.3 is 20.3 Å². The molecular weight excluding hydrogens is 356 g/mol. The van der Waals surface area contributed by atoms with Gasteiger partial charge in [0.25, 0.3) is 0 Å². The molecule has 0 atom stereocenters. The van der Waals surface area contributed by atoms with Crippen molar-refractivity contribution in [2.75, 3.05) is 29.9 Å². The van der Waals surface area contributed by atoms with Crippen molar-refractivity contribution in [2.24, 2.45) is 0 Å². The van der Waals surface area contributed by atoms with Crippen LogP contribution in [0.2, 0.25) is 5.02 Å².